The molecule has 1 saturated carbocycles. The molecule has 112 valence electrons. The number of hydrogen-bond acceptors (Lipinski definition) is 3. The summed E-state index contributed by atoms with van der Waals surface area (Å²) in [5.74, 6) is 0.791. The predicted octanol–water partition coefficient (Wildman–Crippen LogP) is 2.31. The molecule has 1 aliphatic heterocycles. The molecule has 0 spiro atoms. The van der Waals surface area contributed by atoms with Crippen molar-refractivity contribution in [3.8, 4) is 0 Å². The van der Waals surface area contributed by atoms with Gasteiger partial charge in [-0.15, -0.1) is 0 Å². The number of nitrogens with zero attached hydrogens (tertiary/aromatic N) is 2. The smallest absolute Gasteiger partial charge is 0.0361 e. The highest BCUT2D eigenvalue weighted by Gasteiger charge is 2.46. The zero-order chi connectivity index (χ0) is 14.0. The number of likely N-dealkylation sites (tertiary alicyclic amines) is 1. The molecule has 0 bridgehead atoms. The minimum absolute atomic E-state index is 0.280. The maximum absolute atomic E-state index is 6.26. The lowest BCUT2D eigenvalue weighted by atomic mass is 9.81. The van der Waals surface area contributed by atoms with Gasteiger partial charge in [-0.25, -0.2) is 0 Å². The Morgan fingerprint density at radius 1 is 1.37 bits per heavy atom. The lowest BCUT2D eigenvalue weighted by molar-refractivity contribution is 0.00219. The molecule has 2 aliphatic rings. The first-order valence-electron chi connectivity index (χ1n) is 8.15. The molecule has 0 aromatic rings. The largest absolute Gasteiger partial charge is 0.329 e. The van der Waals surface area contributed by atoms with Crippen molar-refractivity contribution in [1.29, 1.82) is 0 Å². The topological polar surface area (TPSA) is 32.5 Å². The maximum atomic E-state index is 6.26. The molecule has 2 fully saturated rings. The Balaban J connectivity index is 2.07. The van der Waals surface area contributed by atoms with Gasteiger partial charge in [0.05, 0.1) is 0 Å². The van der Waals surface area contributed by atoms with E-state index >= 15 is 0 Å². The molecule has 19 heavy (non-hydrogen) atoms. The zero-order valence-electron chi connectivity index (χ0n) is 13.4. The molecule has 0 amide bonds. The van der Waals surface area contributed by atoms with Crippen LogP contribution in [-0.2, 0) is 0 Å². The van der Waals surface area contributed by atoms with Gasteiger partial charge in [-0.3, -0.25) is 4.90 Å². The average Bonchev–Trinajstić information content (AvgIpc) is 3.18. The molecule has 3 heteroatoms. The van der Waals surface area contributed by atoms with Crippen molar-refractivity contribution in [3.63, 3.8) is 0 Å². The lowest BCUT2D eigenvalue weighted by Gasteiger charge is -2.51. The van der Waals surface area contributed by atoms with Gasteiger partial charge in [0.25, 0.3) is 0 Å². The standard InChI is InChI=1S/C16H33N3/c1-13(2)7-9-19(15-5-6-15)16(12-17)8-10-18(4)14(3)11-16/h13-15H,5-12,17H2,1-4H3. The minimum atomic E-state index is 0.280. The summed E-state index contributed by atoms with van der Waals surface area (Å²) in [6, 6.07) is 1.50. The van der Waals surface area contributed by atoms with E-state index in [-0.39, 0.29) is 5.54 Å². The van der Waals surface area contributed by atoms with Gasteiger partial charge in [-0.2, -0.15) is 0 Å². The van der Waals surface area contributed by atoms with E-state index in [1.54, 1.807) is 0 Å². The quantitative estimate of drug-likeness (QED) is 0.801. The Morgan fingerprint density at radius 2 is 2.05 bits per heavy atom. The fraction of sp³-hybridized carbons (Fsp3) is 1.00. The van der Waals surface area contributed by atoms with E-state index < -0.39 is 0 Å². The van der Waals surface area contributed by atoms with Crippen LogP contribution >= 0.6 is 0 Å². The van der Waals surface area contributed by atoms with Crippen LogP contribution in [0.15, 0.2) is 0 Å². The van der Waals surface area contributed by atoms with E-state index in [1.807, 2.05) is 0 Å². The third-order valence-electron chi connectivity index (χ3n) is 5.28. The lowest BCUT2D eigenvalue weighted by Crippen LogP contribution is -2.62. The molecule has 0 radical (unpaired) electrons. The van der Waals surface area contributed by atoms with Crippen LogP contribution in [0.5, 0.6) is 0 Å². The van der Waals surface area contributed by atoms with Crippen LogP contribution < -0.4 is 5.73 Å². The minimum Gasteiger partial charge on any atom is -0.329 e. The van der Waals surface area contributed by atoms with E-state index in [4.69, 9.17) is 5.73 Å². The fourth-order valence-electron chi connectivity index (χ4n) is 3.57. The molecule has 3 nitrogen and oxygen atoms in total. The summed E-state index contributed by atoms with van der Waals surface area (Å²) in [7, 11) is 2.25. The number of piperidine rings is 1. The number of rotatable bonds is 6. The maximum Gasteiger partial charge on any atom is 0.0361 e. The van der Waals surface area contributed by atoms with Crippen LogP contribution in [0.25, 0.3) is 0 Å². The molecular weight excluding hydrogens is 234 g/mol. The first-order chi connectivity index (χ1) is 8.98. The van der Waals surface area contributed by atoms with Crippen molar-refractivity contribution in [3.05, 3.63) is 0 Å². The molecule has 2 N–H and O–H groups in total. The number of hydrogen-bond donors (Lipinski definition) is 1. The Labute approximate surface area is 119 Å². The molecule has 0 aromatic carbocycles. The van der Waals surface area contributed by atoms with Crippen molar-refractivity contribution < 1.29 is 0 Å². The van der Waals surface area contributed by atoms with Gasteiger partial charge in [0.2, 0.25) is 0 Å². The van der Waals surface area contributed by atoms with Crippen LogP contribution in [0.3, 0.4) is 0 Å². The fourth-order valence-corrected chi connectivity index (χ4v) is 3.57. The normalized spacial score (nSPS) is 33.3. The Bertz CT molecular complexity index is 288. The summed E-state index contributed by atoms with van der Waals surface area (Å²) in [6.07, 6.45) is 6.59. The molecule has 2 atom stereocenters. The molecular formula is C16H33N3. The molecule has 1 heterocycles. The summed E-state index contributed by atoms with van der Waals surface area (Å²) in [5, 5.41) is 0. The van der Waals surface area contributed by atoms with Crippen LogP contribution in [0.4, 0.5) is 0 Å². The highest BCUT2D eigenvalue weighted by Crippen LogP contribution is 2.39. The monoisotopic (exact) mass is 267 g/mol. The van der Waals surface area contributed by atoms with Gasteiger partial charge in [-0.05, 0) is 65.1 Å². The van der Waals surface area contributed by atoms with Crippen molar-refractivity contribution in [2.24, 2.45) is 11.7 Å². The van der Waals surface area contributed by atoms with Crippen molar-refractivity contribution in [2.45, 2.75) is 70.5 Å². The molecule has 1 saturated heterocycles. The van der Waals surface area contributed by atoms with E-state index in [1.165, 1.54) is 45.2 Å². The Kier molecular flexibility index (Phi) is 4.91. The summed E-state index contributed by atoms with van der Waals surface area (Å²) in [5.41, 5.74) is 6.54. The van der Waals surface area contributed by atoms with Gasteiger partial charge >= 0.3 is 0 Å². The highest BCUT2D eigenvalue weighted by molar-refractivity contribution is 5.03. The third-order valence-corrected chi connectivity index (χ3v) is 5.28. The molecule has 2 unspecified atom stereocenters. The van der Waals surface area contributed by atoms with Gasteiger partial charge in [0.1, 0.15) is 0 Å². The van der Waals surface area contributed by atoms with Crippen molar-refractivity contribution >= 4 is 0 Å². The highest BCUT2D eigenvalue weighted by atomic mass is 15.3. The average molecular weight is 267 g/mol. The van der Waals surface area contributed by atoms with Crippen molar-refractivity contribution in [2.75, 3.05) is 26.7 Å². The van der Waals surface area contributed by atoms with E-state index in [0.29, 0.717) is 6.04 Å². The van der Waals surface area contributed by atoms with Crippen LogP contribution in [-0.4, -0.2) is 54.1 Å². The van der Waals surface area contributed by atoms with Gasteiger partial charge in [0, 0.05) is 24.2 Å². The Morgan fingerprint density at radius 3 is 2.53 bits per heavy atom. The summed E-state index contributed by atoms with van der Waals surface area (Å²) < 4.78 is 0. The van der Waals surface area contributed by atoms with E-state index in [2.05, 4.69) is 37.6 Å². The number of nitrogens with two attached hydrogens (primary N) is 1. The first-order valence-corrected chi connectivity index (χ1v) is 8.15. The van der Waals surface area contributed by atoms with Gasteiger partial charge in [-0.1, -0.05) is 13.8 Å². The Hall–Kier alpha value is -0.120. The van der Waals surface area contributed by atoms with Crippen LogP contribution in [0.2, 0.25) is 0 Å². The molecule has 1 aliphatic carbocycles. The van der Waals surface area contributed by atoms with Crippen LogP contribution in [0, 0.1) is 5.92 Å². The second-order valence-electron chi connectivity index (χ2n) is 7.32. The third kappa shape index (κ3) is 3.50. The van der Waals surface area contributed by atoms with Gasteiger partial charge in [0.15, 0.2) is 0 Å². The zero-order valence-corrected chi connectivity index (χ0v) is 13.4. The molecule has 0 aromatic heterocycles. The molecule has 2 rings (SSSR count). The summed E-state index contributed by atoms with van der Waals surface area (Å²) >= 11 is 0. The van der Waals surface area contributed by atoms with Crippen molar-refractivity contribution in [1.82, 2.24) is 9.80 Å². The summed E-state index contributed by atoms with van der Waals surface area (Å²) in [4.78, 5) is 5.29. The summed E-state index contributed by atoms with van der Waals surface area (Å²) in [6.45, 7) is 10.3. The van der Waals surface area contributed by atoms with E-state index in [9.17, 15) is 0 Å². The second-order valence-corrected chi connectivity index (χ2v) is 7.32. The second kappa shape index (κ2) is 6.11. The predicted molar refractivity (Wildman–Crippen MR) is 82.3 cm³/mol. The van der Waals surface area contributed by atoms with Crippen LogP contribution in [0.1, 0.15) is 52.9 Å². The van der Waals surface area contributed by atoms with E-state index in [0.717, 1.165) is 18.5 Å². The first kappa shape index (κ1) is 15.3. The van der Waals surface area contributed by atoms with Gasteiger partial charge < -0.3 is 10.6 Å². The SMILES string of the molecule is CC(C)CCN(C1CC1)C1(CN)CCN(C)C(C)C1.